The molecule has 0 radical (unpaired) electrons. The second-order valence-corrected chi connectivity index (χ2v) is 6.87. The van der Waals surface area contributed by atoms with Crippen LogP contribution in [0.3, 0.4) is 0 Å². The van der Waals surface area contributed by atoms with Crippen LogP contribution in [0.25, 0.3) is 0 Å². The van der Waals surface area contributed by atoms with Crippen LogP contribution in [0.2, 0.25) is 0 Å². The number of carbonyl (C=O) groups is 2. The molecule has 1 saturated heterocycles. The van der Waals surface area contributed by atoms with Crippen LogP contribution in [-0.2, 0) is 14.3 Å². The molecule has 20 heavy (non-hydrogen) atoms. The van der Waals surface area contributed by atoms with Crippen molar-refractivity contribution in [3.05, 3.63) is 30.3 Å². The Labute approximate surface area is 125 Å². The first-order chi connectivity index (χ1) is 9.66. The molecule has 6 atom stereocenters. The monoisotopic (exact) mass is 335 g/mol. The standard InChI is InChI=1S/C15H14BrNO3/c16-12-8-6-9-11(15(19)20-13(9)12)10(8)14(18)17-7-4-2-1-3-5-7/h1-5,8-13H,6H2,(H,17,18)/t8-,9-,10-,11+,12-,13+/m1/s1. The summed E-state index contributed by atoms with van der Waals surface area (Å²) in [5.41, 5.74) is 0.773. The molecule has 0 aromatic heterocycles. The van der Waals surface area contributed by atoms with E-state index in [9.17, 15) is 9.59 Å². The topological polar surface area (TPSA) is 55.4 Å². The summed E-state index contributed by atoms with van der Waals surface area (Å²) in [4.78, 5) is 24.6. The van der Waals surface area contributed by atoms with E-state index in [0.717, 1.165) is 12.1 Å². The van der Waals surface area contributed by atoms with Gasteiger partial charge in [-0.2, -0.15) is 0 Å². The minimum absolute atomic E-state index is 0.0294. The Morgan fingerprint density at radius 1 is 1.25 bits per heavy atom. The number of anilines is 1. The summed E-state index contributed by atoms with van der Waals surface area (Å²) in [5, 5.41) is 2.93. The number of esters is 1. The number of halogens is 1. The van der Waals surface area contributed by atoms with Crippen LogP contribution in [0.4, 0.5) is 5.69 Å². The third-order valence-electron chi connectivity index (χ3n) is 4.87. The molecule has 1 amide bonds. The number of alkyl halides is 1. The maximum Gasteiger partial charge on any atom is 0.310 e. The zero-order valence-corrected chi connectivity index (χ0v) is 12.2. The number of carbonyl (C=O) groups excluding carboxylic acids is 2. The fourth-order valence-corrected chi connectivity index (χ4v) is 5.12. The van der Waals surface area contributed by atoms with Crippen molar-refractivity contribution in [1.29, 1.82) is 0 Å². The number of benzene rings is 1. The number of ether oxygens (including phenoxy) is 1. The van der Waals surface area contributed by atoms with Gasteiger partial charge in [-0.3, -0.25) is 9.59 Å². The molecule has 1 aromatic carbocycles. The first kappa shape index (κ1) is 12.4. The van der Waals surface area contributed by atoms with Gasteiger partial charge in [-0.1, -0.05) is 34.1 Å². The maximum absolute atomic E-state index is 12.5. The van der Waals surface area contributed by atoms with Crippen LogP contribution in [-0.4, -0.2) is 22.8 Å². The van der Waals surface area contributed by atoms with Gasteiger partial charge in [0.1, 0.15) is 6.10 Å². The van der Waals surface area contributed by atoms with E-state index in [2.05, 4.69) is 21.2 Å². The van der Waals surface area contributed by atoms with Crippen molar-refractivity contribution in [1.82, 2.24) is 0 Å². The van der Waals surface area contributed by atoms with Crippen LogP contribution in [0.5, 0.6) is 0 Å². The minimum atomic E-state index is -0.268. The molecule has 1 aromatic rings. The minimum Gasteiger partial charge on any atom is -0.461 e. The van der Waals surface area contributed by atoms with Gasteiger partial charge in [-0.15, -0.1) is 0 Å². The van der Waals surface area contributed by atoms with Gasteiger partial charge in [0.15, 0.2) is 0 Å². The van der Waals surface area contributed by atoms with Crippen LogP contribution < -0.4 is 5.32 Å². The summed E-state index contributed by atoms with van der Waals surface area (Å²) < 4.78 is 5.42. The predicted octanol–water partition coefficient (Wildman–Crippen LogP) is 2.20. The molecular formula is C15H14BrNO3. The first-order valence-electron chi connectivity index (χ1n) is 6.87. The van der Waals surface area contributed by atoms with Gasteiger partial charge in [0.05, 0.1) is 16.7 Å². The Morgan fingerprint density at radius 2 is 2.00 bits per heavy atom. The molecule has 2 bridgehead atoms. The van der Waals surface area contributed by atoms with Crippen LogP contribution >= 0.6 is 15.9 Å². The molecule has 1 heterocycles. The number of hydrogen-bond acceptors (Lipinski definition) is 3. The Morgan fingerprint density at radius 3 is 2.75 bits per heavy atom. The van der Waals surface area contributed by atoms with Gasteiger partial charge >= 0.3 is 5.97 Å². The van der Waals surface area contributed by atoms with Crippen molar-refractivity contribution in [2.75, 3.05) is 5.32 Å². The van der Waals surface area contributed by atoms with E-state index in [1.807, 2.05) is 30.3 Å². The molecule has 3 aliphatic rings. The highest BCUT2D eigenvalue weighted by Gasteiger charge is 2.67. The highest BCUT2D eigenvalue weighted by atomic mass is 79.9. The molecule has 1 N–H and O–H groups in total. The zero-order valence-electron chi connectivity index (χ0n) is 10.7. The lowest BCUT2D eigenvalue weighted by Crippen LogP contribution is -2.40. The van der Waals surface area contributed by atoms with E-state index in [0.29, 0.717) is 0 Å². The molecule has 4 nitrogen and oxygen atoms in total. The summed E-state index contributed by atoms with van der Waals surface area (Å²) in [6, 6.07) is 9.37. The van der Waals surface area contributed by atoms with Crippen molar-refractivity contribution in [3.63, 3.8) is 0 Å². The molecule has 104 valence electrons. The molecule has 4 rings (SSSR count). The van der Waals surface area contributed by atoms with Gasteiger partial charge in [0.25, 0.3) is 0 Å². The summed E-state index contributed by atoms with van der Waals surface area (Å²) in [7, 11) is 0. The van der Waals surface area contributed by atoms with E-state index < -0.39 is 0 Å². The summed E-state index contributed by atoms with van der Waals surface area (Å²) >= 11 is 3.61. The first-order valence-corrected chi connectivity index (χ1v) is 7.79. The van der Waals surface area contributed by atoms with Crippen molar-refractivity contribution >= 4 is 33.5 Å². The van der Waals surface area contributed by atoms with Gasteiger partial charge in [-0.25, -0.2) is 0 Å². The molecule has 1 aliphatic heterocycles. The Balaban J connectivity index is 1.60. The quantitative estimate of drug-likeness (QED) is 0.665. The molecular weight excluding hydrogens is 322 g/mol. The number of amides is 1. The van der Waals surface area contributed by atoms with Gasteiger partial charge in [0, 0.05) is 11.6 Å². The second kappa shape index (κ2) is 4.32. The van der Waals surface area contributed by atoms with E-state index >= 15 is 0 Å². The average molecular weight is 336 g/mol. The number of fused-ring (bicyclic) bond motifs is 1. The number of para-hydroxylation sites is 1. The van der Waals surface area contributed by atoms with E-state index in [1.165, 1.54) is 0 Å². The molecule has 2 saturated carbocycles. The van der Waals surface area contributed by atoms with Gasteiger partial charge in [-0.05, 0) is 24.5 Å². The second-order valence-electron chi connectivity index (χ2n) is 5.82. The van der Waals surface area contributed by atoms with Crippen molar-refractivity contribution in [2.45, 2.75) is 17.4 Å². The fourth-order valence-electron chi connectivity index (χ4n) is 4.08. The number of hydrogen-bond donors (Lipinski definition) is 1. The largest absolute Gasteiger partial charge is 0.461 e. The lowest BCUT2D eigenvalue weighted by atomic mass is 9.79. The molecule has 2 aliphatic carbocycles. The maximum atomic E-state index is 12.5. The summed E-state index contributed by atoms with van der Waals surface area (Å²) in [5.74, 6) is -0.361. The van der Waals surface area contributed by atoms with Crippen LogP contribution in [0, 0.1) is 23.7 Å². The molecule has 0 unspecified atom stereocenters. The number of nitrogens with one attached hydrogen (secondary N) is 1. The van der Waals surface area contributed by atoms with Crippen molar-refractivity contribution < 1.29 is 14.3 Å². The van der Waals surface area contributed by atoms with Crippen molar-refractivity contribution in [2.24, 2.45) is 23.7 Å². The Hall–Kier alpha value is -1.36. The summed E-state index contributed by atoms with van der Waals surface area (Å²) in [6.07, 6.45) is 0.877. The lowest BCUT2D eigenvalue weighted by Gasteiger charge is -2.27. The lowest BCUT2D eigenvalue weighted by molar-refractivity contribution is -0.145. The van der Waals surface area contributed by atoms with E-state index in [-0.39, 0.29) is 46.5 Å². The highest BCUT2D eigenvalue weighted by Crippen LogP contribution is 2.59. The summed E-state index contributed by atoms with van der Waals surface area (Å²) in [6.45, 7) is 0. The van der Waals surface area contributed by atoms with Crippen molar-refractivity contribution in [3.8, 4) is 0 Å². The predicted molar refractivity (Wildman–Crippen MR) is 76.2 cm³/mol. The van der Waals surface area contributed by atoms with Gasteiger partial charge in [0.2, 0.25) is 5.91 Å². The third kappa shape index (κ3) is 1.59. The highest BCUT2D eigenvalue weighted by molar-refractivity contribution is 9.09. The van der Waals surface area contributed by atoms with Crippen LogP contribution in [0.1, 0.15) is 6.42 Å². The molecule has 0 spiro atoms. The molecule has 5 heteroatoms. The van der Waals surface area contributed by atoms with Gasteiger partial charge < -0.3 is 10.1 Å². The molecule has 3 fully saturated rings. The van der Waals surface area contributed by atoms with E-state index in [1.54, 1.807) is 0 Å². The van der Waals surface area contributed by atoms with Crippen LogP contribution in [0.15, 0.2) is 30.3 Å². The Bertz CT molecular complexity index is 576. The fraction of sp³-hybridized carbons (Fsp3) is 0.467. The Kier molecular flexibility index (Phi) is 2.67. The SMILES string of the molecule is O=C(Nc1ccccc1)[C@@H]1[C@H]2C[C@H]3[C@H](OC(=O)[C@@H]31)[C@@H]2Br. The third-order valence-corrected chi connectivity index (χ3v) is 6.07. The average Bonchev–Trinajstić information content (AvgIpc) is 3.04. The number of rotatable bonds is 2. The normalized spacial score (nSPS) is 40.8. The smallest absolute Gasteiger partial charge is 0.310 e. The zero-order chi connectivity index (χ0) is 13.9. The van der Waals surface area contributed by atoms with E-state index in [4.69, 9.17) is 4.74 Å².